The first-order valence-electron chi connectivity index (χ1n) is 4.18. The van der Waals surface area contributed by atoms with Gasteiger partial charge in [-0.25, -0.2) is 4.72 Å². The summed E-state index contributed by atoms with van der Waals surface area (Å²) in [4.78, 5) is 0. The molecule has 1 unspecified atom stereocenters. The summed E-state index contributed by atoms with van der Waals surface area (Å²) in [5.41, 5.74) is 5.37. The Balaban J connectivity index is 2.70. The van der Waals surface area contributed by atoms with Crippen LogP contribution in [0.15, 0.2) is 5.16 Å². The van der Waals surface area contributed by atoms with E-state index in [1.54, 1.807) is 0 Å². The smallest absolute Gasteiger partial charge is 0.277 e. The van der Waals surface area contributed by atoms with Crippen LogP contribution >= 0.6 is 0 Å². The lowest BCUT2D eigenvalue weighted by atomic mass is 10.2. The molecule has 1 rings (SSSR count). The van der Waals surface area contributed by atoms with Crippen molar-refractivity contribution in [2.75, 3.05) is 7.05 Å². The molecule has 82 valence electrons. The lowest BCUT2D eigenvalue weighted by molar-refractivity contribution is 0.314. The monoisotopic (exact) mass is 222 g/mol. The van der Waals surface area contributed by atoms with Crippen LogP contribution in [0.3, 0.4) is 0 Å². The van der Waals surface area contributed by atoms with Gasteiger partial charge in [0.25, 0.3) is 10.2 Å². The normalized spacial score (nSPS) is 20.8. The molecule has 1 saturated carbocycles. The lowest BCUT2D eigenvalue weighted by Gasteiger charge is -2.15. The molecule has 1 aliphatic carbocycles. The highest BCUT2D eigenvalue weighted by Gasteiger charge is 2.36. The summed E-state index contributed by atoms with van der Waals surface area (Å²) in [6, 6.07) is -0.613. The lowest BCUT2D eigenvalue weighted by Crippen LogP contribution is -2.49. The van der Waals surface area contributed by atoms with E-state index >= 15 is 0 Å². The van der Waals surface area contributed by atoms with Crippen LogP contribution in [0.1, 0.15) is 12.8 Å². The van der Waals surface area contributed by atoms with Gasteiger partial charge in [0.15, 0.2) is 5.84 Å². The van der Waals surface area contributed by atoms with E-state index in [1.807, 2.05) is 0 Å². The molecule has 0 spiro atoms. The summed E-state index contributed by atoms with van der Waals surface area (Å²) in [5, 5.41) is 11.3. The maximum Gasteiger partial charge on any atom is 0.277 e. The van der Waals surface area contributed by atoms with Gasteiger partial charge >= 0.3 is 0 Å². The average molecular weight is 222 g/mol. The quantitative estimate of drug-likeness (QED) is 0.197. The third-order valence-corrected chi connectivity index (χ3v) is 3.18. The number of hydrogen-bond acceptors (Lipinski definition) is 4. The van der Waals surface area contributed by atoms with Crippen LogP contribution in [-0.2, 0) is 10.2 Å². The van der Waals surface area contributed by atoms with E-state index in [0.29, 0.717) is 0 Å². The van der Waals surface area contributed by atoms with E-state index in [1.165, 1.54) is 7.05 Å². The standard InChI is InChI=1S/C6H14N4O3S/c1-8-14(12,13)10-5(4-2-3-4)6(7)9-11/h4-5,8,10-11H,2-3H2,1H3,(H2,7,9). The maximum absolute atomic E-state index is 11.1. The van der Waals surface area contributed by atoms with Crippen molar-refractivity contribution in [1.82, 2.24) is 9.44 Å². The van der Waals surface area contributed by atoms with E-state index in [0.717, 1.165) is 12.8 Å². The van der Waals surface area contributed by atoms with Gasteiger partial charge in [-0.2, -0.15) is 13.1 Å². The van der Waals surface area contributed by atoms with Crippen LogP contribution in [0.2, 0.25) is 0 Å². The first kappa shape index (κ1) is 11.2. The number of nitrogens with two attached hydrogens (primary N) is 1. The van der Waals surface area contributed by atoms with E-state index in [2.05, 4.69) is 14.6 Å². The molecule has 0 radical (unpaired) electrons. The molecule has 0 bridgehead atoms. The molecule has 0 aromatic heterocycles. The predicted octanol–water partition coefficient (Wildman–Crippen LogP) is -1.43. The van der Waals surface area contributed by atoms with Crippen LogP contribution < -0.4 is 15.2 Å². The zero-order valence-electron chi connectivity index (χ0n) is 7.77. The van der Waals surface area contributed by atoms with Crippen molar-refractivity contribution in [3.8, 4) is 0 Å². The fourth-order valence-corrected chi connectivity index (χ4v) is 1.88. The van der Waals surface area contributed by atoms with Crippen molar-refractivity contribution in [2.45, 2.75) is 18.9 Å². The second-order valence-corrected chi connectivity index (χ2v) is 4.82. The molecule has 8 heteroatoms. The molecule has 0 aromatic rings. The van der Waals surface area contributed by atoms with Crippen molar-refractivity contribution in [1.29, 1.82) is 0 Å². The van der Waals surface area contributed by atoms with Crippen LogP contribution in [0.5, 0.6) is 0 Å². The Morgan fingerprint density at radius 2 is 2.21 bits per heavy atom. The fraction of sp³-hybridized carbons (Fsp3) is 0.833. The third kappa shape index (κ3) is 2.82. The molecule has 0 amide bonds. The first-order valence-corrected chi connectivity index (χ1v) is 5.66. The maximum atomic E-state index is 11.1. The molecule has 0 aliphatic heterocycles. The minimum atomic E-state index is -3.55. The molecule has 0 aromatic carbocycles. The number of amidine groups is 1. The van der Waals surface area contributed by atoms with Crippen LogP contribution in [-0.4, -0.2) is 32.6 Å². The van der Waals surface area contributed by atoms with E-state index in [4.69, 9.17) is 10.9 Å². The molecule has 0 saturated heterocycles. The van der Waals surface area contributed by atoms with Crippen molar-refractivity contribution in [2.24, 2.45) is 16.8 Å². The minimum absolute atomic E-state index is 0.105. The van der Waals surface area contributed by atoms with Gasteiger partial charge in [-0.3, -0.25) is 0 Å². The Labute approximate surface area is 82.5 Å². The summed E-state index contributed by atoms with van der Waals surface area (Å²) < 4.78 is 26.7. The van der Waals surface area contributed by atoms with Crippen molar-refractivity contribution >= 4 is 16.0 Å². The molecule has 1 fully saturated rings. The number of rotatable bonds is 5. The van der Waals surface area contributed by atoms with Gasteiger partial charge in [-0.05, 0) is 18.8 Å². The Bertz CT molecular complexity index is 322. The highest BCUT2D eigenvalue weighted by atomic mass is 32.2. The number of oxime groups is 1. The largest absolute Gasteiger partial charge is 0.409 e. The molecule has 7 nitrogen and oxygen atoms in total. The Morgan fingerprint density at radius 3 is 2.57 bits per heavy atom. The Hall–Kier alpha value is -0.860. The van der Waals surface area contributed by atoms with Crippen molar-refractivity contribution in [3.05, 3.63) is 0 Å². The number of nitrogens with zero attached hydrogens (tertiary/aromatic N) is 1. The highest BCUT2D eigenvalue weighted by molar-refractivity contribution is 7.87. The Kier molecular flexibility index (Phi) is 3.29. The second-order valence-electron chi connectivity index (χ2n) is 3.17. The van der Waals surface area contributed by atoms with Gasteiger partial charge in [0.05, 0.1) is 6.04 Å². The molecule has 5 N–H and O–H groups in total. The van der Waals surface area contributed by atoms with Gasteiger partial charge in [0.2, 0.25) is 0 Å². The van der Waals surface area contributed by atoms with Gasteiger partial charge in [-0.1, -0.05) is 5.16 Å². The summed E-state index contributed by atoms with van der Waals surface area (Å²) in [7, 11) is -2.26. The highest BCUT2D eigenvalue weighted by Crippen LogP contribution is 2.32. The topological polar surface area (TPSA) is 117 Å². The molecular weight excluding hydrogens is 208 g/mol. The minimum Gasteiger partial charge on any atom is -0.409 e. The zero-order valence-corrected chi connectivity index (χ0v) is 8.58. The van der Waals surface area contributed by atoms with Gasteiger partial charge in [-0.15, -0.1) is 0 Å². The summed E-state index contributed by atoms with van der Waals surface area (Å²) >= 11 is 0. The molecule has 1 atom stereocenters. The third-order valence-electron chi connectivity index (χ3n) is 2.08. The van der Waals surface area contributed by atoms with E-state index < -0.39 is 16.3 Å². The fourth-order valence-electron chi connectivity index (χ4n) is 1.12. The van der Waals surface area contributed by atoms with Crippen LogP contribution in [0.25, 0.3) is 0 Å². The van der Waals surface area contributed by atoms with E-state index in [-0.39, 0.29) is 11.8 Å². The average Bonchev–Trinajstić information content (AvgIpc) is 2.96. The van der Waals surface area contributed by atoms with Crippen molar-refractivity contribution < 1.29 is 13.6 Å². The van der Waals surface area contributed by atoms with Gasteiger partial charge in [0, 0.05) is 7.05 Å². The van der Waals surface area contributed by atoms with Crippen molar-refractivity contribution in [3.63, 3.8) is 0 Å². The second kappa shape index (κ2) is 4.11. The van der Waals surface area contributed by atoms with Crippen LogP contribution in [0.4, 0.5) is 0 Å². The summed E-state index contributed by atoms with van der Waals surface area (Å²) in [6.07, 6.45) is 1.76. The van der Waals surface area contributed by atoms with Gasteiger partial charge in [0.1, 0.15) is 0 Å². The zero-order chi connectivity index (χ0) is 10.8. The van der Waals surface area contributed by atoms with E-state index in [9.17, 15) is 8.42 Å². The predicted molar refractivity (Wildman–Crippen MR) is 51.0 cm³/mol. The summed E-state index contributed by atoms with van der Waals surface area (Å²) in [6.45, 7) is 0. The molecule has 0 heterocycles. The van der Waals surface area contributed by atoms with Gasteiger partial charge < -0.3 is 10.9 Å². The summed E-state index contributed by atoms with van der Waals surface area (Å²) in [5.74, 6) is 0.0281. The molecule has 14 heavy (non-hydrogen) atoms. The number of nitrogens with one attached hydrogen (secondary N) is 2. The molecule has 1 aliphatic rings. The SMILES string of the molecule is CNS(=O)(=O)NC(C(N)=NO)C1CC1. The number of hydrogen-bond donors (Lipinski definition) is 4. The first-order chi connectivity index (χ1) is 6.50. The molecular formula is C6H14N4O3S. The van der Waals surface area contributed by atoms with Crippen LogP contribution in [0, 0.1) is 5.92 Å². The Morgan fingerprint density at radius 1 is 1.64 bits per heavy atom.